The van der Waals surface area contributed by atoms with Gasteiger partial charge in [-0.2, -0.15) is 0 Å². The number of sulfonamides is 1. The molecule has 4 heteroatoms. The van der Waals surface area contributed by atoms with Gasteiger partial charge in [0.2, 0.25) is 10.0 Å². The molecule has 1 heterocycles. The lowest BCUT2D eigenvalue weighted by molar-refractivity contribution is 0.253. The van der Waals surface area contributed by atoms with E-state index in [-0.39, 0.29) is 5.25 Å². The van der Waals surface area contributed by atoms with Crippen molar-refractivity contribution in [2.24, 2.45) is 17.8 Å². The van der Waals surface area contributed by atoms with Crippen LogP contribution in [-0.4, -0.2) is 31.1 Å². The highest BCUT2D eigenvalue weighted by Crippen LogP contribution is 2.37. The van der Waals surface area contributed by atoms with Crippen molar-refractivity contribution in [1.82, 2.24) is 4.31 Å². The molecule has 1 aliphatic heterocycles. The maximum atomic E-state index is 12.1. The first kappa shape index (κ1) is 13.3. The molecule has 2 aliphatic rings. The van der Waals surface area contributed by atoms with Gasteiger partial charge in [0.1, 0.15) is 0 Å². The Morgan fingerprint density at radius 1 is 1.24 bits per heavy atom. The molecule has 1 aliphatic carbocycles. The summed E-state index contributed by atoms with van der Waals surface area (Å²) in [6.07, 6.45) is 3.98. The largest absolute Gasteiger partial charge is 0.216 e. The molecular formula is C13H25NO2S. The Balaban J connectivity index is 1.99. The van der Waals surface area contributed by atoms with Gasteiger partial charge < -0.3 is 0 Å². The predicted molar refractivity (Wildman–Crippen MR) is 70.2 cm³/mol. The van der Waals surface area contributed by atoms with Crippen LogP contribution in [0.1, 0.15) is 46.5 Å². The third-order valence-corrected chi connectivity index (χ3v) is 6.79. The topological polar surface area (TPSA) is 37.4 Å². The summed E-state index contributed by atoms with van der Waals surface area (Å²) in [4.78, 5) is 0. The molecule has 2 atom stereocenters. The Labute approximate surface area is 106 Å². The minimum Gasteiger partial charge on any atom is -0.212 e. The number of nitrogens with zero attached hydrogens (tertiary/aromatic N) is 1. The molecule has 1 saturated carbocycles. The van der Waals surface area contributed by atoms with E-state index in [9.17, 15) is 8.42 Å². The average Bonchev–Trinajstić information content (AvgIpc) is 3.00. The molecule has 0 bridgehead atoms. The molecule has 0 radical (unpaired) electrons. The van der Waals surface area contributed by atoms with E-state index >= 15 is 0 Å². The van der Waals surface area contributed by atoms with Crippen LogP contribution in [0.4, 0.5) is 0 Å². The van der Waals surface area contributed by atoms with Crippen molar-refractivity contribution >= 4 is 10.0 Å². The molecule has 0 N–H and O–H groups in total. The summed E-state index contributed by atoms with van der Waals surface area (Å²) in [6.45, 7) is 8.27. The van der Waals surface area contributed by atoms with Gasteiger partial charge in [-0.1, -0.05) is 27.2 Å². The second-order valence-corrected chi connectivity index (χ2v) is 8.18. The van der Waals surface area contributed by atoms with E-state index in [1.165, 1.54) is 6.42 Å². The summed E-state index contributed by atoms with van der Waals surface area (Å²) in [5, 5.41) is -0.0413. The summed E-state index contributed by atoms with van der Waals surface area (Å²) in [7, 11) is -2.93. The van der Waals surface area contributed by atoms with Gasteiger partial charge in [-0.05, 0) is 37.0 Å². The Bertz CT molecular complexity index is 360. The Kier molecular flexibility index (Phi) is 3.83. The van der Waals surface area contributed by atoms with Crippen molar-refractivity contribution in [2.75, 3.05) is 13.1 Å². The van der Waals surface area contributed by atoms with Crippen LogP contribution in [0.5, 0.6) is 0 Å². The number of rotatable bonds is 5. The molecule has 0 amide bonds. The molecule has 100 valence electrons. The van der Waals surface area contributed by atoms with E-state index in [1.807, 2.05) is 0 Å². The monoisotopic (exact) mass is 259 g/mol. The fourth-order valence-electron chi connectivity index (χ4n) is 3.26. The van der Waals surface area contributed by atoms with Crippen molar-refractivity contribution in [3.05, 3.63) is 0 Å². The highest BCUT2D eigenvalue weighted by molar-refractivity contribution is 7.90. The minimum atomic E-state index is -2.93. The third-order valence-electron chi connectivity index (χ3n) is 4.43. The number of hydrogen-bond acceptors (Lipinski definition) is 2. The van der Waals surface area contributed by atoms with E-state index in [0.29, 0.717) is 17.8 Å². The normalized spacial score (nSPS) is 28.8. The summed E-state index contributed by atoms with van der Waals surface area (Å²) in [5.74, 6) is 1.91. The van der Waals surface area contributed by atoms with Gasteiger partial charge >= 0.3 is 0 Å². The van der Waals surface area contributed by atoms with Crippen LogP contribution < -0.4 is 0 Å². The second kappa shape index (κ2) is 4.88. The molecule has 1 saturated heterocycles. The lowest BCUT2D eigenvalue weighted by Gasteiger charge is -2.26. The fraction of sp³-hybridized carbons (Fsp3) is 1.00. The third kappa shape index (κ3) is 2.68. The summed E-state index contributed by atoms with van der Waals surface area (Å²) >= 11 is 0. The van der Waals surface area contributed by atoms with Crippen molar-refractivity contribution in [2.45, 2.75) is 51.7 Å². The Hall–Kier alpha value is -0.0900. The first-order valence-corrected chi connectivity index (χ1v) is 8.46. The molecule has 0 aromatic heterocycles. The zero-order chi connectivity index (χ0) is 12.6. The molecule has 0 aromatic carbocycles. The van der Waals surface area contributed by atoms with Gasteiger partial charge in [0.05, 0.1) is 5.25 Å². The lowest BCUT2D eigenvalue weighted by Crippen LogP contribution is -2.33. The minimum absolute atomic E-state index is 0.0413. The predicted octanol–water partition coefficient (Wildman–Crippen LogP) is 2.48. The van der Waals surface area contributed by atoms with Gasteiger partial charge in [0.15, 0.2) is 0 Å². The van der Waals surface area contributed by atoms with Crippen LogP contribution >= 0.6 is 0 Å². The summed E-state index contributed by atoms with van der Waals surface area (Å²) in [5.41, 5.74) is 0. The van der Waals surface area contributed by atoms with E-state index in [4.69, 9.17) is 0 Å². The Morgan fingerprint density at radius 3 is 2.35 bits per heavy atom. The SMILES string of the molecule is CCC(C(C)C)C1CCN(S(=O)(=O)C2CC2)C1. The van der Waals surface area contributed by atoms with Gasteiger partial charge in [-0.15, -0.1) is 0 Å². The van der Waals surface area contributed by atoms with Gasteiger partial charge in [0, 0.05) is 13.1 Å². The maximum Gasteiger partial charge on any atom is 0.216 e. The average molecular weight is 259 g/mol. The number of hydrogen-bond donors (Lipinski definition) is 0. The van der Waals surface area contributed by atoms with E-state index < -0.39 is 10.0 Å². The summed E-state index contributed by atoms with van der Waals surface area (Å²) < 4.78 is 26.1. The standard InChI is InChI=1S/C13H25NO2S/c1-4-13(10(2)3)11-7-8-14(9-11)17(15,16)12-5-6-12/h10-13H,4-9H2,1-3H3. The van der Waals surface area contributed by atoms with E-state index in [1.54, 1.807) is 4.31 Å². The van der Waals surface area contributed by atoms with Gasteiger partial charge in [-0.3, -0.25) is 0 Å². The van der Waals surface area contributed by atoms with E-state index in [0.717, 1.165) is 32.4 Å². The second-order valence-electron chi connectivity index (χ2n) is 5.97. The first-order chi connectivity index (χ1) is 7.96. The van der Waals surface area contributed by atoms with Crippen molar-refractivity contribution < 1.29 is 8.42 Å². The molecule has 0 aromatic rings. The van der Waals surface area contributed by atoms with Crippen molar-refractivity contribution in [1.29, 1.82) is 0 Å². The zero-order valence-electron chi connectivity index (χ0n) is 11.2. The maximum absolute atomic E-state index is 12.1. The van der Waals surface area contributed by atoms with Crippen LogP contribution in [0.15, 0.2) is 0 Å². The summed E-state index contributed by atoms with van der Waals surface area (Å²) in [6, 6.07) is 0. The van der Waals surface area contributed by atoms with E-state index in [2.05, 4.69) is 20.8 Å². The molecular weight excluding hydrogens is 234 g/mol. The van der Waals surface area contributed by atoms with Crippen molar-refractivity contribution in [3.8, 4) is 0 Å². The fourth-order valence-corrected chi connectivity index (χ4v) is 5.17. The molecule has 17 heavy (non-hydrogen) atoms. The quantitative estimate of drug-likeness (QED) is 0.760. The molecule has 2 fully saturated rings. The van der Waals surface area contributed by atoms with Gasteiger partial charge in [-0.25, -0.2) is 12.7 Å². The van der Waals surface area contributed by atoms with Gasteiger partial charge in [0.25, 0.3) is 0 Å². The highest BCUT2D eigenvalue weighted by atomic mass is 32.2. The molecule has 3 nitrogen and oxygen atoms in total. The molecule has 2 rings (SSSR count). The van der Waals surface area contributed by atoms with Crippen LogP contribution in [0.2, 0.25) is 0 Å². The molecule has 0 spiro atoms. The van der Waals surface area contributed by atoms with Crippen LogP contribution in [-0.2, 0) is 10.0 Å². The molecule has 2 unspecified atom stereocenters. The van der Waals surface area contributed by atoms with Crippen molar-refractivity contribution in [3.63, 3.8) is 0 Å². The Morgan fingerprint density at radius 2 is 1.88 bits per heavy atom. The van der Waals surface area contributed by atoms with Crippen LogP contribution in [0.25, 0.3) is 0 Å². The smallest absolute Gasteiger partial charge is 0.212 e. The van der Waals surface area contributed by atoms with Crippen LogP contribution in [0, 0.1) is 17.8 Å². The highest BCUT2D eigenvalue weighted by Gasteiger charge is 2.43. The van der Waals surface area contributed by atoms with Crippen LogP contribution in [0.3, 0.4) is 0 Å². The zero-order valence-corrected chi connectivity index (χ0v) is 12.0. The first-order valence-electron chi connectivity index (χ1n) is 6.95. The lowest BCUT2D eigenvalue weighted by atomic mass is 9.81.